The van der Waals surface area contributed by atoms with E-state index in [-0.39, 0.29) is 6.04 Å². The summed E-state index contributed by atoms with van der Waals surface area (Å²) in [5, 5.41) is 3.09. The third kappa shape index (κ3) is 4.33. The number of rotatable bonds is 4. The summed E-state index contributed by atoms with van der Waals surface area (Å²) in [7, 11) is 0. The maximum absolute atomic E-state index is 13.2. The van der Waals surface area contributed by atoms with Crippen molar-refractivity contribution in [2.75, 3.05) is 25.0 Å². The monoisotopic (exact) mass is 304 g/mol. The number of hydrogen-bond donors (Lipinski definition) is 1. The third-order valence-electron chi connectivity index (χ3n) is 3.77. The largest absolute Gasteiger partial charge is 0.419 e. The molecule has 1 saturated heterocycles. The smallest absolute Gasteiger partial charge is 0.382 e. The first-order valence-corrected chi connectivity index (χ1v) is 7.25. The predicted octanol–water partition coefficient (Wildman–Crippen LogP) is 4.13. The number of nitrogens with zero attached hydrogens (tertiary/aromatic N) is 1. The first kappa shape index (κ1) is 16.1. The predicted molar refractivity (Wildman–Crippen MR) is 74.8 cm³/mol. The van der Waals surface area contributed by atoms with E-state index in [4.69, 9.17) is 0 Å². The zero-order valence-electron chi connectivity index (χ0n) is 12.0. The van der Waals surface area contributed by atoms with Crippen LogP contribution in [0.25, 0.3) is 0 Å². The van der Waals surface area contributed by atoms with Crippen LogP contribution in [0.15, 0.2) is 18.2 Å². The molecular formula is C15H20F4N2. The molecule has 0 radical (unpaired) electrons. The Bertz CT molecular complexity index is 465. The summed E-state index contributed by atoms with van der Waals surface area (Å²) in [6.45, 7) is 5.07. The normalized spacial score (nSPS) is 18.0. The van der Waals surface area contributed by atoms with Gasteiger partial charge in [-0.1, -0.05) is 6.92 Å². The summed E-state index contributed by atoms with van der Waals surface area (Å²) in [5.41, 5.74) is -0.881. The Morgan fingerprint density at radius 1 is 1.24 bits per heavy atom. The molecule has 2 rings (SSSR count). The van der Waals surface area contributed by atoms with E-state index >= 15 is 0 Å². The number of halogens is 4. The molecule has 1 heterocycles. The third-order valence-corrected chi connectivity index (χ3v) is 3.77. The number of piperidine rings is 1. The van der Waals surface area contributed by atoms with Crippen molar-refractivity contribution >= 4 is 5.69 Å². The van der Waals surface area contributed by atoms with E-state index in [1.54, 1.807) is 0 Å². The minimum absolute atomic E-state index is 0.143. The van der Waals surface area contributed by atoms with Gasteiger partial charge in [0.05, 0.1) is 5.56 Å². The quantitative estimate of drug-likeness (QED) is 0.841. The van der Waals surface area contributed by atoms with E-state index in [1.165, 1.54) is 6.07 Å². The van der Waals surface area contributed by atoms with E-state index in [1.807, 2.05) is 0 Å². The van der Waals surface area contributed by atoms with Gasteiger partial charge in [-0.15, -0.1) is 0 Å². The highest BCUT2D eigenvalue weighted by atomic mass is 19.4. The zero-order chi connectivity index (χ0) is 15.5. The van der Waals surface area contributed by atoms with Gasteiger partial charge in [-0.25, -0.2) is 4.39 Å². The Morgan fingerprint density at radius 2 is 1.90 bits per heavy atom. The van der Waals surface area contributed by atoms with Crippen LogP contribution in [0.1, 0.15) is 31.7 Å². The first-order valence-electron chi connectivity index (χ1n) is 7.25. The fourth-order valence-corrected chi connectivity index (χ4v) is 2.69. The van der Waals surface area contributed by atoms with Gasteiger partial charge in [-0.2, -0.15) is 13.2 Å². The Kier molecular flexibility index (Phi) is 5.08. The Balaban J connectivity index is 1.98. The number of likely N-dealkylation sites (tertiary alicyclic amines) is 1. The van der Waals surface area contributed by atoms with Crippen molar-refractivity contribution < 1.29 is 17.6 Å². The summed E-state index contributed by atoms with van der Waals surface area (Å²) in [6.07, 6.45) is -1.78. The molecule has 0 atom stereocenters. The molecule has 0 spiro atoms. The van der Waals surface area contributed by atoms with Crippen LogP contribution < -0.4 is 5.32 Å². The molecule has 0 aliphatic carbocycles. The molecule has 0 aromatic heterocycles. The molecule has 21 heavy (non-hydrogen) atoms. The lowest BCUT2D eigenvalue weighted by Crippen LogP contribution is -2.39. The molecule has 1 aromatic rings. The average molecular weight is 304 g/mol. The minimum Gasteiger partial charge on any atom is -0.382 e. The lowest BCUT2D eigenvalue weighted by atomic mass is 10.0. The van der Waals surface area contributed by atoms with E-state index < -0.39 is 17.6 Å². The summed E-state index contributed by atoms with van der Waals surface area (Å²) < 4.78 is 51.2. The van der Waals surface area contributed by atoms with E-state index in [2.05, 4.69) is 17.1 Å². The highest BCUT2D eigenvalue weighted by Gasteiger charge is 2.34. The summed E-state index contributed by atoms with van der Waals surface area (Å²) in [6, 6.07) is 3.23. The van der Waals surface area contributed by atoms with Crippen molar-refractivity contribution in [1.82, 2.24) is 4.90 Å². The van der Waals surface area contributed by atoms with Gasteiger partial charge in [0.1, 0.15) is 5.82 Å². The molecule has 0 saturated carbocycles. The van der Waals surface area contributed by atoms with Gasteiger partial charge in [-0.05, 0) is 44.0 Å². The van der Waals surface area contributed by atoms with Crippen molar-refractivity contribution in [3.63, 3.8) is 0 Å². The highest BCUT2D eigenvalue weighted by molar-refractivity contribution is 5.47. The van der Waals surface area contributed by atoms with Crippen molar-refractivity contribution in [1.29, 1.82) is 0 Å². The minimum atomic E-state index is -4.66. The molecule has 2 nitrogen and oxygen atoms in total. The Morgan fingerprint density at radius 3 is 2.48 bits per heavy atom. The molecule has 1 N–H and O–H groups in total. The standard InChI is InChI=1S/C15H20F4N2/c1-2-7-21-8-5-11(6-9-21)20-12-3-4-14(16)13(10-12)15(17,18)19/h3-4,10-11,20H,2,5-9H2,1H3. The topological polar surface area (TPSA) is 15.3 Å². The molecule has 0 bridgehead atoms. The summed E-state index contributed by atoms with van der Waals surface area (Å²) in [5.74, 6) is -1.23. The lowest BCUT2D eigenvalue weighted by molar-refractivity contribution is -0.139. The van der Waals surface area contributed by atoms with Crippen molar-refractivity contribution in [2.45, 2.75) is 38.4 Å². The van der Waals surface area contributed by atoms with Crippen LogP contribution in [0.4, 0.5) is 23.2 Å². The van der Waals surface area contributed by atoms with Gasteiger partial charge in [0.15, 0.2) is 0 Å². The number of alkyl halides is 3. The van der Waals surface area contributed by atoms with Crippen LogP contribution in [0.3, 0.4) is 0 Å². The van der Waals surface area contributed by atoms with Crippen LogP contribution in [0.5, 0.6) is 0 Å². The molecule has 0 unspecified atom stereocenters. The van der Waals surface area contributed by atoms with E-state index in [0.29, 0.717) is 5.69 Å². The fraction of sp³-hybridized carbons (Fsp3) is 0.600. The molecule has 118 valence electrons. The average Bonchev–Trinajstić information content (AvgIpc) is 2.42. The second-order valence-electron chi connectivity index (χ2n) is 5.45. The van der Waals surface area contributed by atoms with E-state index in [9.17, 15) is 17.6 Å². The highest BCUT2D eigenvalue weighted by Crippen LogP contribution is 2.33. The van der Waals surface area contributed by atoms with Crippen molar-refractivity contribution in [3.8, 4) is 0 Å². The van der Waals surface area contributed by atoms with Crippen LogP contribution in [0.2, 0.25) is 0 Å². The first-order chi connectivity index (χ1) is 9.90. The van der Waals surface area contributed by atoms with Crippen molar-refractivity contribution in [3.05, 3.63) is 29.6 Å². The molecule has 1 aromatic carbocycles. The van der Waals surface area contributed by atoms with Gasteiger partial charge >= 0.3 is 6.18 Å². The van der Waals surface area contributed by atoms with Crippen LogP contribution in [-0.2, 0) is 6.18 Å². The van der Waals surface area contributed by atoms with Gasteiger partial charge in [0.2, 0.25) is 0 Å². The van der Waals surface area contributed by atoms with E-state index in [0.717, 1.165) is 51.0 Å². The number of nitrogens with one attached hydrogen (secondary N) is 1. The molecule has 1 aliphatic heterocycles. The molecule has 6 heteroatoms. The van der Waals surface area contributed by atoms with Gasteiger partial charge in [0.25, 0.3) is 0 Å². The SMILES string of the molecule is CCCN1CCC(Nc2ccc(F)c(C(F)(F)F)c2)CC1. The van der Waals surface area contributed by atoms with Gasteiger partial charge in [-0.3, -0.25) is 0 Å². The second kappa shape index (κ2) is 6.64. The fourth-order valence-electron chi connectivity index (χ4n) is 2.69. The van der Waals surface area contributed by atoms with Crippen LogP contribution in [0, 0.1) is 5.82 Å². The summed E-state index contributed by atoms with van der Waals surface area (Å²) >= 11 is 0. The lowest BCUT2D eigenvalue weighted by Gasteiger charge is -2.32. The van der Waals surface area contributed by atoms with Crippen LogP contribution >= 0.6 is 0 Å². The van der Waals surface area contributed by atoms with Gasteiger partial charge < -0.3 is 10.2 Å². The molecular weight excluding hydrogens is 284 g/mol. The maximum atomic E-state index is 13.2. The Hall–Kier alpha value is -1.30. The van der Waals surface area contributed by atoms with Crippen LogP contribution in [-0.4, -0.2) is 30.6 Å². The molecule has 1 aliphatic rings. The number of hydrogen-bond acceptors (Lipinski definition) is 2. The summed E-state index contributed by atoms with van der Waals surface area (Å²) in [4.78, 5) is 2.35. The second-order valence-corrected chi connectivity index (χ2v) is 5.45. The number of anilines is 1. The number of benzene rings is 1. The molecule has 0 amide bonds. The van der Waals surface area contributed by atoms with Crippen molar-refractivity contribution in [2.24, 2.45) is 0 Å². The Labute approximate surface area is 122 Å². The maximum Gasteiger partial charge on any atom is 0.419 e. The van der Waals surface area contributed by atoms with Gasteiger partial charge in [0, 0.05) is 24.8 Å². The molecule has 1 fully saturated rings. The zero-order valence-corrected chi connectivity index (χ0v) is 12.0.